The van der Waals surface area contributed by atoms with Crippen molar-refractivity contribution in [1.82, 2.24) is 10.3 Å². The van der Waals surface area contributed by atoms with Gasteiger partial charge in [-0.15, -0.1) is 0 Å². The molecule has 0 aliphatic carbocycles. The van der Waals surface area contributed by atoms with Gasteiger partial charge in [0.05, 0.1) is 19.3 Å². The second-order valence-electron chi connectivity index (χ2n) is 4.81. The number of aromatic nitrogens is 1. The first kappa shape index (κ1) is 16.3. The molecule has 0 unspecified atom stereocenters. The van der Waals surface area contributed by atoms with Crippen LogP contribution in [-0.2, 0) is 11.3 Å². The molecule has 22 heavy (non-hydrogen) atoms. The van der Waals surface area contributed by atoms with E-state index in [1.54, 1.807) is 24.5 Å². The molecule has 0 bridgehead atoms. The molecule has 2 aromatic rings. The van der Waals surface area contributed by atoms with Crippen LogP contribution in [-0.4, -0.2) is 24.5 Å². The molecule has 0 spiro atoms. The molecule has 0 aliphatic rings. The van der Waals surface area contributed by atoms with E-state index in [9.17, 15) is 4.79 Å². The highest BCUT2D eigenvalue weighted by Crippen LogP contribution is 2.30. The first-order valence-corrected chi connectivity index (χ1v) is 7.21. The van der Waals surface area contributed by atoms with Crippen LogP contribution in [0.5, 0.6) is 5.75 Å². The fourth-order valence-electron chi connectivity index (χ4n) is 1.95. The molecule has 0 radical (unpaired) electrons. The number of hydrogen-bond acceptors (Lipinski definition) is 4. The number of methoxy groups -OCH3 is 1. The predicted octanol–water partition coefficient (Wildman–Crippen LogP) is 2.78. The van der Waals surface area contributed by atoms with Crippen molar-refractivity contribution in [1.29, 1.82) is 0 Å². The lowest BCUT2D eigenvalue weighted by Crippen LogP contribution is -2.27. The van der Waals surface area contributed by atoms with Gasteiger partial charge in [0.2, 0.25) is 5.91 Å². The predicted molar refractivity (Wildman–Crippen MR) is 87.3 cm³/mol. The Labute approximate surface area is 134 Å². The topological polar surface area (TPSA) is 63.2 Å². The van der Waals surface area contributed by atoms with Gasteiger partial charge < -0.3 is 15.4 Å². The van der Waals surface area contributed by atoms with Crippen LogP contribution in [0.15, 0.2) is 36.7 Å². The number of carbonyl (C=O) groups is 1. The smallest absolute Gasteiger partial charge is 0.238 e. The first-order chi connectivity index (χ1) is 10.6. The molecule has 5 nitrogen and oxygen atoms in total. The standard InChI is InChI=1S/C16H18ClN3O2/c1-11-6-14(15(22-2)7-13(11)17)20-16(21)10-19-9-12-4-3-5-18-8-12/h3-8,19H,9-10H2,1-2H3,(H,20,21). The van der Waals surface area contributed by atoms with E-state index in [4.69, 9.17) is 16.3 Å². The zero-order chi connectivity index (χ0) is 15.9. The van der Waals surface area contributed by atoms with Gasteiger partial charge in [-0.3, -0.25) is 9.78 Å². The van der Waals surface area contributed by atoms with Crippen molar-refractivity contribution in [3.05, 3.63) is 52.8 Å². The highest BCUT2D eigenvalue weighted by Gasteiger charge is 2.10. The summed E-state index contributed by atoms with van der Waals surface area (Å²) in [6, 6.07) is 7.29. The number of amides is 1. The van der Waals surface area contributed by atoms with Gasteiger partial charge in [-0.2, -0.15) is 0 Å². The molecule has 2 rings (SSSR count). The third-order valence-electron chi connectivity index (χ3n) is 3.09. The van der Waals surface area contributed by atoms with Gasteiger partial charge in [0.15, 0.2) is 0 Å². The lowest BCUT2D eigenvalue weighted by atomic mass is 10.2. The molecule has 0 aliphatic heterocycles. The molecular formula is C16H18ClN3O2. The van der Waals surface area contributed by atoms with E-state index in [1.165, 1.54) is 7.11 Å². The third-order valence-corrected chi connectivity index (χ3v) is 3.50. The summed E-state index contributed by atoms with van der Waals surface area (Å²) in [6.45, 7) is 2.65. The summed E-state index contributed by atoms with van der Waals surface area (Å²) < 4.78 is 5.23. The van der Waals surface area contributed by atoms with Crippen LogP contribution in [0.1, 0.15) is 11.1 Å². The van der Waals surface area contributed by atoms with Crippen LogP contribution < -0.4 is 15.4 Å². The Balaban J connectivity index is 1.90. The largest absolute Gasteiger partial charge is 0.495 e. The lowest BCUT2D eigenvalue weighted by molar-refractivity contribution is -0.115. The van der Waals surface area contributed by atoms with Gasteiger partial charge in [0, 0.05) is 30.0 Å². The van der Waals surface area contributed by atoms with Gasteiger partial charge in [0.1, 0.15) is 5.75 Å². The molecule has 116 valence electrons. The van der Waals surface area contributed by atoms with Crippen LogP contribution >= 0.6 is 11.6 Å². The number of pyridine rings is 1. The Kier molecular flexibility index (Phi) is 5.75. The van der Waals surface area contributed by atoms with E-state index in [0.717, 1.165) is 11.1 Å². The number of nitrogens with zero attached hydrogens (tertiary/aromatic N) is 1. The molecule has 6 heteroatoms. The van der Waals surface area contributed by atoms with Gasteiger partial charge in [-0.05, 0) is 30.2 Å². The van der Waals surface area contributed by atoms with Crippen molar-refractivity contribution in [2.75, 3.05) is 19.0 Å². The molecule has 0 saturated heterocycles. The van der Waals surface area contributed by atoms with E-state index in [0.29, 0.717) is 23.0 Å². The molecule has 1 aromatic carbocycles. The van der Waals surface area contributed by atoms with Crippen molar-refractivity contribution >= 4 is 23.2 Å². The maximum Gasteiger partial charge on any atom is 0.238 e. The quantitative estimate of drug-likeness (QED) is 0.859. The molecule has 1 heterocycles. The van der Waals surface area contributed by atoms with Crippen LogP contribution in [0.25, 0.3) is 0 Å². The SMILES string of the molecule is COc1cc(Cl)c(C)cc1NC(=O)CNCc1cccnc1. The normalized spacial score (nSPS) is 10.3. The van der Waals surface area contributed by atoms with Crippen LogP contribution in [0, 0.1) is 6.92 Å². The van der Waals surface area contributed by atoms with E-state index in [-0.39, 0.29) is 12.5 Å². The summed E-state index contributed by atoms with van der Waals surface area (Å²) in [5.41, 5.74) is 2.51. The maximum absolute atomic E-state index is 12.0. The summed E-state index contributed by atoms with van der Waals surface area (Å²) >= 11 is 6.04. The average molecular weight is 320 g/mol. The summed E-state index contributed by atoms with van der Waals surface area (Å²) in [7, 11) is 1.54. The van der Waals surface area contributed by atoms with Crippen molar-refractivity contribution < 1.29 is 9.53 Å². The number of benzene rings is 1. The summed E-state index contributed by atoms with van der Waals surface area (Å²) in [5.74, 6) is 0.389. The third kappa shape index (κ3) is 4.44. The van der Waals surface area contributed by atoms with Crippen molar-refractivity contribution in [3.8, 4) is 5.75 Å². The lowest BCUT2D eigenvalue weighted by Gasteiger charge is -2.12. The van der Waals surface area contributed by atoms with E-state index in [1.807, 2.05) is 19.1 Å². The number of anilines is 1. The molecule has 0 atom stereocenters. The van der Waals surface area contributed by atoms with Crippen LogP contribution in [0.3, 0.4) is 0 Å². The highest BCUT2D eigenvalue weighted by molar-refractivity contribution is 6.31. The number of halogens is 1. The molecule has 1 amide bonds. The fourth-order valence-corrected chi connectivity index (χ4v) is 2.10. The molecule has 0 saturated carbocycles. The maximum atomic E-state index is 12.0. The zero-order valence-electron chi connectivity index (χ0n) is 12.5. The van der Waals surface area contributed by atoms with Crippen LogP contribution in [0.4, 0.5) is 5.69 Å². The van der Waals surface area contributed by atoms with Gasteiger partial charge >= 0.3 is 0 Å². The Bertz CT molecular complexity index is 647. The number of aryl methyl sites for hydroxylation is 1. The van der Waals surface area contributed by atoms with Gasteiger partial charge in [-0.25, -0.2) is 0 Å². The van der Waals surface area contributed by atoms with E-state index >= 15 is 0 Å². The Morgan fingerprint density at radius 3 is 2.91 bits per heavy atom. The zero-order valence-corrected chi connectivity index (χ0v) is 13.3. The van der Waals surface area contributed by atoms with E-state index < -0.39 is 0 Å². The minimum atomic E-state index is -0.149. The number of carbonyl (C=O) groups excluding carboxylic acids is 1. The van der Waals surface area contributed by atoms with Crippen molar-refractivity contribution in [2.45, 2.75) is 13.5 Å². The molecule has 0 fully saturated rings. The Hall–Kier alpha value is -2.11. The second kappa shape index (κ2) is 7.77. The van der Waals surface area contributed by atoms with Crippen molar-refractivity contribution in [3.63, 3.8) is 0 Å². The average Bonchev–Trinajstić information content (AvgIpc) is 2.51. The summed E-state index contributed by atoms with van der Waals surface area (Å²) in [5, 5.41) is 6.48. The minimum absolute atomic E-state index is 0.149. The summed E-state index contributed by atoms with van der Waals surface area (Å²) in [4.78, 5) is 16.0. The van der Waals surface area contributed by atoms with Crippen molar-refractivity contribution in [2.24, 2.45) is 0 Å². The minimum Gasteiger partial charge on any atom is -0.495 e. The highest BCUT2D eigenvalue weighted by atomic mass is 35.5. The molecule has 1 aromatic heterocycles. The Morgan fingerprint density at radius 1 is 1.41 bits per heavy atom. The number of hydrogen-bond donors (Lipinski definition) is 2. The molecule has 2 N–H and O–H groups in total. The summed E-state index contributed by atoms with van der Waals surface area (Å²) in [6.07, 6.45) is 3.47. The monoisotopic (exact) mass is 319 g/mol. The van der Waals surface area contributed by atoms with E-state index in [2.05, 4.69) is 15.6 Å². The first-order valence-electron chi connectivity index (χ1n) is 6.83. The van der Waals surface area contributed by atoms with Crippen LogP contribution in [0.2, 0.25) is 5.02 Å². The number of nitrogens with one attached hydrogen (secondary N) is 2. The fraction of sp³-hybridized carbons (Fsp3) is 0.250. The molecular weight excluding hydrogens is 302 g/mol. The Morgan fingerprint density at radius 2 is 2.23 bits per heavy atom. The second-order valence-corrected chi connectivity index (χ2v) is 5.22. The number of rotatable bonds is 6. The van der Waals surface area contributed by atoms with Gasteiger partial charge in [0.25, 0.3) is 0 Å². The number of ether oxygens (including phenoxy) is 1. The van der Waals surface area contributed by atoms with Gasteiger partial charge in [-0.1, -0.05) is 17.7 Å².